The summed E-state index contributed by atoms with van der Waals surface area (Å²) in [4.78, 5) is 27.0. The molecule has 0 atom stereocenters. The van der Waals surface area contributed by atoms with Gasteiger partial charge >= 0.3 is 0 Å². The highest BCUT2D eigenvalue weighted by Gasteiger charge is 2.12. The second kappa shape index (κ2) is 7.28. The van der Waals surface area contributed by atoms with Crippen LogP contribution in [0.5, 0.6) is 0 Å². The summed E-state index contributed by atoms with van der Waals surface area (Å²) in [5, 5.41) is 2.57. The summed E-state index contributed by atoms with van der Waals surface area (Å²) in [6, 6.07) is 3.89. The Morgan fingerprint density at radius 2 is 2.11 bits per heavy atom. The Bertz CT molecular complexity index is 415. The van der Waals surface area contributed by atoms with E-state index < -0.39 is 0 Å². The molecule has 1 N–H and O–H groups in total. The van der Waals surface area contributed by atoms with Gasteiger partial charge in [-0.05, 0) is 25.6 Å². The minimum Gasteiger partial charge on any atom is -0.359 e. The Balaban J connectivity index is 2.41. The van der Waals surface area contributed by atoms with E-state index in [-0.39, 0.29) is 11.7 Å². The molecule has 18 heavy (non-hydrogen) atoms. The van der Waals surface area contributed by atoms with Crippen LogP contribution in [0.4, 0.5) is 0 Å². The van der Waals surface area contributed by atoms with Crippen LogP contribution in [0.25, 0.3) is 0 Å². The van der Waals surface area contributed by atoms with Crippen LogP contribution in [0.15, 0.2) is 12.1 Å². The normalized spacial score (nSPS) is 10.7. The second-order valence-electron chi connectivity index (χ2n) is 4.20. The van der Waals surface area contributed by atoms with E-state index >= 15 is 0 Å². The number of hydrogen-bond acceptors (Lipinski definition) is 4. The minimum absolute atomic E-state index is 0.00121. The lowest BCUT2D eigenvalue weighted by Gasteiger charge is -2.14. The number of aryl methyl sites for hydroxylation is 1. The highest BCUT2D eigenvalue weighted by atomic mass is 32.1. The summed E-state index contributed by atoms with van der Waals surface area (Å²) in [5.74, 6) is 0.123. The molecule has 4 nitrogen and oxygen atoms in total. The molecule has 0 aliphatic carbocycles. The maximum absolute atomic E-state index is 12.0. The molecule has 0 saturated carbocycles. The molecule has 1 rings (SSSR count). The average Bonchev–Trinajstić information content (AvgIpc) is 2.84. The van der Waals surface area contributed by atoms with Crippen LogP contribution in [0.1, 0.15) is 27.9 Å². The van der Waals surface area contributed by atoms with Gasteiger partial charge in [0.2, 0.25) is 5.91 Å². The van der Waals surface area contributed by atoms with Crippen molar-refractivity contribution in [2.24, 2.45) is 0 Å². The third-order valence-electron chi connectivity index (χ3n) is 2.70. The fourth-order valence-corrected chi connectivity index (χ4v) is 2.41. The van der Waals surface area contributed by atoms with Gasteiger partial charge in [0.05, 0.1) is 11.4 Å². The van der Waals surface area contributed by atoms with Crippen LogP contribution in [-0.2, 0) is 11.2 Å². The molecule has 1 amide bonds. The maximum Gasteiger partial charge on any atom is 0.221 e. The first kappa shape index (κ1) is 14.9. The van der Waals surface area contributed by atoms with E-state index in [0.29, 0.717) is 19.5 Å². The Hall–Kier alpha value is -1.20. The first-order valence-electron chi connectivity index (χ1n) is 6.07. The van der Waals surface area contributed by atoms with Gasteiger partial charge in [-0.3, -0.25) is 14.5 Å². The molecule has 0 saturated heterocycles. The minimum atomic E-state index is -0.00121. The Labute approximate surface area is 112 Å². The first-order chi connectivity index (χ1) is 8.56. The van der Waals surface area contributed by atoms with Crippen LogP contribution < -0.4 is 5.32 Å². The topological polar surface area (TPSA) is 49.4 Å². The summed E-state index contributed by atoms with van der Waals surface area (Å²) >= 11 is 1.56. The van der Waals surface area contributed by atoms with Crippen molar-refractivity contribution in [3.8, 4) is 0 Å². The predicted molar refractivity (Wildman–Crippen MR) is 74.2 cm³/mol. The molecule has 0 unspecified atom stereocenters. The molecule has 100 valence electrons. The highest BCUT2D eigenvalue weighted by molar-refractivity contribution is 7.14. The third-order valence-corrected chi connectivity index (χ3v) is 3.97. The van der Waals surface area contributed by atoms with E-state index in [1.54, 1.807) is 18.4 Å². The van der Waals surface area contributed by atoms with Crippen LogP contribution in [0, 0.1) is 0 Å². The van der Waals surface area contributed by atoms with Gasteiger partial charge in [0.1, 0.15) is 0 Å². The summed E-state index contributed by atoms with van der Waals surface area (Å²) in [6.07, 6.45) is 1.38. The zero-order valence-electron chi connectivity index (χ0n) is 11.2. The molecule has 0 radical (unpaired) electrons. The predicted octanol–water partition coefficient (Wildman–Crippen LogP) is 1.56. The number of likely N-dealkylation sites (N-methyl/N-ethyl adjacent to an activating group) is 1. The van der Waals surface area contributed by atoms with E-state index in [2.05, 4.69) is 12.2 Å². The molecule has 0 fully saturated rings. The van der Waals surface area contributed by atoms with Gasteiger partial charge in [0, 0.05) is 24.9 Å². The largest absolute Gasteiger partial charge is 0.359 e. The Morgan fingerprint density at radius 3 is 2.67 bits per heavy atom. The molecule has 0 aliphatic rings. The number of carbonyl (C=O) groups is 2. The van der Waals surface area contributed by atoms with Crippen molar-refractivity contribution in [1.29, 1.82) is 0 Å². The maximum atomic E-state index is 12.0. The van der Waals surface area contributed by atoms with E-state index in [1.165, 1.54) is 4.88 Å². The lowest BCUT2D eigenvalue weighted by Crippen LogP contribution is -2.30. The van der Waals surface area contributed by atoms with Crippen molar-refractivity contribution in [2.75, 3.05) is 27.2 Å². The standard InChI is InChI=1S/C13H20N2O2S/c1-4-10-5-6-12(18-10)11(16)9-15(3)8-7-13(17)14-2/h5-6H,4,7-9H2,1-3H3,(H,14,17). The molecule has 5 heteroatoms. The number of rotatable bonds is 7. The molecule has 1 heterocycles. The molecule has 0 spiro atoms. The van der Waals surface area contributed by atoms with Crippen LogP contribution in [0.2, 0.25) is 0 Å². The van der Waals surface area contributed by atoms with E-state index in [0.717, 1.165) is 11.3 Å². The number of ketones is 1. The fraction of sp³-hybridized carbons (Fsp3) is 0.538. The number of nitrogens with one attached hydrogen (secondary N) is 1. The number of thiophene rings is 1. The Morgan fingerprint density at radius 1 is 1.39 bits per heavy atom. The van der Waals surface area contributed by atoms with E-state index in [9.17, 15) is 9.59 Å². The van der Waals surface area contributed by atoms with Crippen molar-refractivity contribution in [3.63, 3.8) is 0 Å². The summed E-state index contributed by atoms with van der Waals surface area (Å²) < 4.78 is 0. The van der Waals surface area contributed by atoms with E-state index in [1.807, 2.05) is 24.1 Å². The van der Waals surface area contributed by atoms with Gasteiger partial charge in [-0.2, -0.15) is 0 Å². The number of carbonyl (C=O) groups excluding carboxylic acids is 2. The number of amides is 1. The SMILES string of the molecule is CCc1ccc(C(=O)CN(C)CCC(=O)NC)s1. The van der Waals surface area contributed by atoms with Gasteiger partial charge in [-0.15, -0.1) is 11.3 Å². The first-order valence-corrected chi connectivity index (χ1v) is 6.89. The third kappa shape index (κ3) is 4.58. The summed E-state index contributed by atoms with van der Waals surface area (Å²) in [6.45, 7) is 3.04. The quantitative estimate of drug-likeness (QED) is 0.764. The van der Waals surface area contributed by atoms with Crippen molar-refractivity contribution in [3.05, 3.63) is 21.9 Å². The van der Waals surface area contributed by atoms with Gasteiger partial charge in [-0.1, -0.05) is 6.92 Å². The number of hydrogen-bond donors (Lipinski definition) is 1. The van der Waals surface area contributed by atoms with E-state index in [4.69, 9.17) is 0 Å². The average molecular weight is 268 g/mol. The van der Waals surface area contributed by atoms with Crippen LogP contribution >= 0.6 is 11.3 Å². The molecule has 1 aromatic rings. The zero-order chi connectivity index (χ0) is 13.5. The van der Waals surface area contributed by atoms with Crippen molar-refractivity contribution in [2.45, 2.75) is 19.8 Å². The van der Waals surface area contributed by atoms with Crippen LogP contribution in [-0.4, -0.2) is 43.8 Å². The zero-order valence-corrected chi connectivity index (χ0v) is 12.0. The molecule has 0 bridgehead atoms. The molecule has 1 aromatic heterocycles. The van der Waals surface area contributed by atoms with Gasteiger partial charge < -0.3 is 5.32 Å². The van der Waals surface area contributed by atoms with Crippen molar-refractivity contribution >= 4 is 23.0 Å². The number of Topliss-reactive ketones (excluding diaryl/α,β-unsaturated/α-hetero) is 1. The fourth-order valence-electron chi connectivity index (χ4n) is 1.54. The van der Waals surface area contributed by atoms with Gasteiger partial charge in [0.25, 0.3) is 0 Å². The smallest absolute Gasteiger partial charge is 0.221 e. The van der Waals surface area contributed by atoms with Gasteiger partial charge in [0.15, 0.2) is 5.78 Å². The molecular formula is C13H20N2O2S. The van der Waals surface area contributed by atoms with Crippen molar-refractivity contribution < 1.29 is 9.59 Å². The molecule has 0 aromatic carbocycles. The highest BCUT2D eigenvalue weighted by Crippen LogP contribution is 2.17. The lowest BCUT2D eigenvalue weighted by molar-refractivity contribution is -0.120. The molecular weight excluding hydrogens is 248 g/mol. The Kier molecular flexibility index (Phi) is 6.01. The summed E-state index contributed by atoms with van der Waals surface area (Å²) in [7, 11) is 3.47. The lowest BCUT2D eigenvalue weighted by atomic mass is 10.3. The number of nitrogens with zero attached hydrogens (tertiary/aromatic N) is 1. The van der Waals surface area contributed by atoms with Gasteiger partial charge in [-0.25, -0.2) is 0 Å². The monoisotopic (exact) mass is 268 g/mol. The second-order valence-corrected chi connectivity index (χ2v) is 5.37. The summed E-state index contributed by atoms with van der Waals surface area (Å²) in [5.41, 5.74) is 0. The molecule has 0 aliphatic heterocycles. The van der Waals surface area contributed by atoms with Crippen LogP contribution in [0.3, 0.4) is 0 Å². The van der Waals surface area contributed by atoms with Crippen molar-refractivity contribution in [1.82, 2.24) is 10.2 Å².